The van der Waals surface area contributed by atoms with E-state index in [1.54, 1.807) is 42.5 Å². The van der Waals surface area contributed by atoms with Crippen LogP contribution in [0.15, 0.2) is 60.7 Å². The van der Waals surface area contributed by atoms with Crippen LogP contribution in [-0.2, 0) is 16.8 Å². The minimum atomic E-state index is -1.40. The lowest BCUT2D eigenvalue weighted by molar-refractivity contribution is -0.119. The lowest BCUT2D eigenvalue weighted by Crippen LogP contribution is -2.44. The van der Waals surface area contributed by atoms with Crippen molar-refractivity contribution < 1.29 is 19.1 Å². The summed E-state index contributed by atoms with van der Waals surface area (Å²) in [7, 11) is 0. The highest BCUT2D eigenvalue weighted by atomic mass is 35.5. The van der Waals surface area contributed by atoms with Crippen LogP contribution in [-0.4, -0.2) is 17.0 Å². The molecule has 0 aliphatic carbocycles. The Morgan fingerprint density at radius 1 is 1.07 bits per heavy atom. The van der Waals surface area contributed by atoms with E-state index in [-0.39, 0.29) is 17.7 Å². The van der Waals surface area contributed by atoms with E-state index in [1.165, 1.54) is 0 Å². The number of nitrogens with one attached hydrogen (secondary N) is 2. The van der Waals surface area contributed by atoms with Crippen molar-refractivity contribution in [3.8, 4) is 0 Å². The van der Waals surface area contributed by atoms with Crippen LogP contribution >= 0.6 is 23.2 Å². The number of aromatic carboxylic acids is 1. The van der Waals surface area contributed by atoms with Crippen LogP contribution in [0.1, 0.15) is 21.5 Å². The van der Waals surface area contributed by atoms with Gasteiger partial charge in [0.2, 0.25) is 0 Å². The molecule has 1 amide bonds. The Bertz CT molecular complexity index is 1180. The molecule has 1 heterocycles. The van der Waals surface area contributed by atoms with Gasteiger partial charge in [0.05, 0.1) is 11.3 Å². The fourth-order valence-corrected chi connectivity index (χ4v) is 4.06. The van der Waals surface area contributed by atoms with Gasteiger partial charge in [-0.1, -0.05) is 41.4 Å². The number of hydrogen-bond acceptors (Lipinski definition) is 3. The third-order valence-electron chi connectivity index (χ3n) is 5.00. The number of amides is 1. The van der Waals surface area contributed by atoms with E-state index in [2.05, 4.69) is 10.6 Å². The number of halogens is 3. The molecule has 1 atom stereocenters. The molecule has 1 unspecified atom stereocenters. The van der Waals surface area contributed by atoms with E-state index in [1.807, 2.05) is 0 Å². The van der Waals surface area contributed by atoms with Gasteiger partial charge in [0.1, 0.15) is 11.4 Å². The van der Waals surface area contributed by atoms with E-state index in [9.17, 15) is 19.1 Å². The maximum absolute atomic E-state index is 14.0. The summed E-state index contributed by atoms with van der Waals surface area (Å²) >= 11 is 12.2. The zero-order valence-corrected chi connectivity index (χ0v) is 16.9. The first-order chi connectivity index (χ1) is 14.3. The van der Waals surface area contributed by atoms with Gasteiger partial charge in [-0.15, -0.1) is 0 Å². The summed E-state index contributed by atoms with van der Waals surface area (Å²) in [5.74, 6) is -2.29. The van der Waals surface area contributed by atoms with Gasteiger partial charge in [0.15, 0.2) is 0 Å². The number of carboxylic acids is 1. The number of hydrogen-bond donors (Lipinski definition) is 3. The van der Waals surface area contributed by atoms with Crippen LogP contribution < -0.4 is 10.6 Å². The largest absolute Gasteiger partial charge is 0.478 e. The van der Waals surface area contributed by atoms with Crippen LogP contribution in [0.3, 0.4) is 0 Å². The topological polar surface area (TPSA) is 78.4 Å². The van der Waals surface area contributed by atoms with Crippen molar-refractivity contribution in [1.29, 1.82) is 0 Å². The Morgan fingerprint density at radius 2 is 1.83 bits per heavy atom. The van der Waals surface area contributed by atoms with Crippen molar-refractivity contribution in [2.24, 2.45) is 0 Å². The van der Waals surface area contributed by atoms with Crippen LogP contribution in [0.25, 0.3) is 0 Å². The summed E-state index contributed by atoms with van der Waals surface area (Å²) in [6.07, 6.45) is 0.142. The highest BCUT2D eigenvalue weighted by molar-refractivity contribution is 6.31. The zero-order chi connectivity index (χ0) is 21.5. The molecule has 3 aromatic carbocycles. The van der Waals surface area contributed by atoms with E-state index >= 15 is 0 Å². The van der Waals surface area contributed by atoms with Gasteiger partial charge in [0.25, 0.3) is 5.91 Å². The molecule has 0 saturated heterocycles. The van der Waals surface area contributed by atoms with Gasteiger partial charge in [0, 0.05) is 27.7 Å². The fourth-order valence-electron chi connectivity index (χ4n) is 3.68. The molecule has 30 heavy (non-hydrogen) atoms. The van der Waals surface area contributed by atoms with Gasteiger partial charge in [-0.05, 0) is 48.0 Å². The van der Waals surface area contributed by atoms with Gasteiger partial charge in [-0.25, -0.2) is 9.18 Å². The number of rotatable bonds is 5. The van der Waals surface area contributed by atoms with E-state index < -0.39 is 23.2 Å². The number of benzene rings is 3. The summed E-state index contributed by atoms with van der Waals surface area (Å²) in [6, 6.07) is 15.2. The Labute approximate surface area is 181 Å². The smallest absolute Gasteiger partial charge is 0.337 e. The summed E-state index contributed by atoms with van der Waals surface area (Å²) in [5.41, 5.74) is 0.233. The third-order valence-corrected chi connectivity index (χ3v) is 5.47. The fraction of sp³-hybridized carbons (Fsp3) is 0.0909. The second-order valence-electron chi connectivity index (χ2n) is 6.98. The average molecular weight is 445 g/mol. The Balaban J connectivity index is 1.89. The molecule has 1 aliphatic rings. The second kappa shape index (κ2) is 7.63. The number of carbonyl (C=O) groups is 2. The van der Waals surface area contributed by atoms with Crippen LogP contribution in [0, 0.1) is 5.82 Å². The highest BCUT2D eigenvalue weighted by Gasteiger charge is 2.47. The first-order valence-corrected chi connectivity index (χ1v) is 9.71. The lowest BCUT2D eigenvalue weighted by Gasteiger charge is -2.31. The third kappa shape index (κ3) is 3.60. The summed E-state index contributed by atoms with van der Waals surface area (Å²) < 4.78 is 14.0. The highest BCUT2D eigenvalue weighted by Crippen LogP contribution is 2.43. The second-order valence-corrected chi connectivity index (χ2v) is 7.85. The molecule has 5 nitrogen and oxygen atoms in total. The van der Waals surface area contributed by atoms with Crippen molar-refractivity contribution >= 4 is 46.5 Å². The van der Waals surface area contributed by atoms with Gasteiger partial charge < -0.3 is 15.7 Å². The predicted octanol–water partition coefficient (Wildman–Crippen LogP) is 5.33. The van der Waals surface area contributed by atoms with Crippen molar-refractivity contribution in [2.75, 3.05) is 10.6 Å². The Hall–Kier alpha value is -3.09. The molecule has 0 aromatic heterocycles. The normalized spacial score (nSPS) is 17.4. The average Bonchev–Trinajstić information content (AvgIpc) is 2.92. The monoisotopic (exact) mass is 444 g/mol. The molecule has 152 valence electrons. The molecule has 0 radical (unpaired) electrons. The first-order valence-electron chi connectivity index (χ1n) is 8.95. The van der Waals surface area contributed by atoms with Gasteiger partial charge >= 0.3 is 5.97 Å². The molecule has 3 aromatic rings. The first kappa shape index (κ1) is 20.2. The molecule has 0 fully saturated rings. The Kier molecular flexibility index (Phi) is 5.13. The van der Waals surface area contributed by atoms with Gasteiger partial charge in [-0.2, -0.15) is 0 Å². The van der Waals surface area contributed by atoms with Crippen molar-refractivity contribution in [1.82, 2.24) is 0 Å². The molecule has 8 heteroatoms. The molecule has 0 bridgehead atoms. The Morgan fingerprint density at radius 3 is 2.57 bits per heavy atom. The molecule has 0 saturated carbocycles. The summed E-state index contributed by atoms with van der Waals surface area (Å²) in [5, 5.41) is 16.3. The summed E-state index contributed by atoms with van der Waals surface area (Å²) in [4.78, 5) is 24.9. The molecule has 1 aliphatic heterocycles. The zero-order valence-electron chi connectivity index (χ0n) is 15.4. The van der Waals surface area contributed by atoms with Crippen molar-refractivity contribution in [3.05, 3.63) is 93.2 Å². The van der Waals surface area contributed by atoms with E-state index in [0.29, 0.717) is 21.3 Å². The SMILES string of the molecule is O=C(O)c1ccc(F)cc1NC1(Cc2cccc(Cl)c2)C(=O)Nc2cc(Cl)ccc21. The molecule has 3 N–H and O–H groups in total. The molecular weight excluding hydrogens is 430 g/mol. The van der Waals surface area contributed by atoms with Gasteiger partial charge in [-0.3, -0.25) is 4.79 Å². The number of anilines is 2. The maximum Gasteiger partial charge on any atom is 0.337 e. The minimum absolute atomic E-state index is 0.0116. The predicted molar refractivity (Wildman–Crippen MR) is 114 cm³/mol. The lowest BCUT2D eigenvalue weighted by atomic mass is 9.84. The summed E-state index contributed by atoms with van der Waals surface area (Å²) in [6.45, 7) is 0. The quantitative estimate of drug-likeness (QED) is 0.496. The number of fused-ring (bicyclic) bond motifs is 1. The van der Waals surface area contributed by atoms with E-state index in [4.69, 9.17) is 23.2 Å². The van der Waals surface area contributed by atoms with E-state index in [0.717, 1.165) is 23.8 Å². The standard InChI is InChI=1S/C22H15Cl2FN2O3/c23-13-3-1-2-12(8-13)11-22(17-7-4-14(24)9-19(17)26-21(22)30)27-18-10-15(25)5-6-16(18)20(28)29/h1-10,27H,11H2,(H,26,30)(H,28,29). The van der Waals surface area contributed by atoms with Crippen molar-refractivity contribution in [2.45, 2.75) is 12.0 Å². The van der Waals surface area contributed by atoms with Crippen LogP contribution in [0.2, 0.25) is 10.0 Å². The van der Waals surface area contributed by atoms with Crippen LogP contribution in [0.4, 0.5) is 15.8 Å². The van der Waals surface area contributed by atoms with Crippen LogP contribution in [0.5, 0.6) is 0 Å². The number of carboxylic acid groups (broad SMARTS) is 1. The number of carbonyl (C=O) groups excluding carboxylic acids is 1. The molecule has 0 spiro atoms. The molecular formula is C22H15Cl2FN2O3. The molecule has 4 rings (SSSR count). The van der Waals surface area contributed by atoms with Crippen molar-refractivity contribution in [3.63, 3.8) is 0 Å². The maximum atomic E-state index is 14.0. The minimum Gasteiger partial charge on any atom is -0.478 e.